The number of rotatable bonds is 3. The third-order valence-corrected chi connectivity index (χ3v) is 5.27. The summed E-state index contributed by atoms with van der Waals surface area (Å²) in [6, 6.07) is 5.51. The van der Waals surface area contributed by atoms with Crippen LogP contribution in [0.1, 0.15) is 11.5 Å². The van der Waals surface area contributed by atoms with Gasteiger partial charge in [-0.2, -0.15) is 0 Å². The molecular weight excluding hydrogens is 310 g/mol. The van der Waals surface area contributed by atoms with Gasteiger partial charge in [0.1, 0.15) is 5.69 Å². The van der Waals surface area contributed by atoms with Crippen LogP contribution >= 0.6 is 0 Å². The van der Waals surface area contributed by atoms with Crippen molar-refractivity contribution in [1.29, 1.82) is 0 Å². The van der Waals surface area contributed by atoms with Gasteiger partial charge >= 0.3 is 0 Å². The Kier molecular flexibility index (Phi) is 3.03. The van der Waals surface area contributed by atoms with Crippen molar-refractivity contribution in [2.75, 3.05) is 0 Å². The summed E-state index contributed by atoms with van der Waals surface area (Å²) >= 11 is 0. The maximum absolute atomic E-state index is 12.8. The molecule has 0 amide bonds. The smallest absolute Gasteiger partial charge is 0.273 e. The maximum Gasteiger partial charge on any atom is 0.273 e. The molecule has 2 heterocycles. The van der Waals surface area contributed by atoms with Crippen LogP contribution in [0.4, 0.5) is 5.69 Å². The molecule has 0 radical (unpaired) electrons. The van der Waals surface area contributed by atoms with E-state index in [4.69, 9.17) is 4.52 Å². The second kappa shape index (κ2) is 4.67. The number of aromatic nitrogens is 2. The van der Waals surface area contributed by atoms with Crippen LogP contribution in [0, 0.1) is 24.0 Å². The fourth-order valence-electron chi connectivity index (χ4n) is 2.37. The fourth-order valence-corrected chi connectivity index (χ4v) is 4.02. The summed E-state index contributed by atoms with van der Waals surface area (Å²) in [5.41, 5.74) is 0.520. The normalized spacial score (nSPS) is 11.9. The van der Waals surface area contributed by atoms with Crippen LogP contribution in [0.2, 0.25) is 0 Å². The zero-order chi connectivity index (χ0) is 16.1. The summed E-state index contributed by atoms with van der Waals surface area (Å²) in [7, 11) is -3.88. The van der Waals surface area contributed by atoms with E-state index in [1.54, 1.807) is 6.92 Å². The molecule has 3 aromatic rings. The second-order valence-corrected chi connectivity index (χ2v) is 6.52. The van der Waals surface area contributed by atoms with Gasteiger partial charge in [0.15, 0.2) is 10.7 Å². The Morgan fingerprint density at radius 2 is 2.00 bits per heavy atom. The Balaban J connectivity index is 2.25. The van der Waals surface area contributed by atoms with Gasteiger partial charge in [0.05, 0.1) is 10.4 Å². The fraction of sp³-hybridized carbons (Fsp3) is 0.154. The lowest BCUT2D eigenvalue weighted by molar-refractivity contribution is -0.384. The van der Waals surface area contributed by atoms with E-state index in [1.807, 2.05) is 0 Å². The molecule has 3 rings (SSSR count). The standard InChI is InChI=1S/C13H11N3O5S/c1-8-13(9(2)21-14-8)22(19,20)15-6-5-10-7-11(16(17)18)3-4-12(10)15/h3-7H,1-2H3. The highest BCUT2D eigenvalue weighted by atomic mass is 32.2. The predicted octanol–water partition coefficient (Wildman–Crippen LogP) is 2.39. The van der Waals surface area contributed by atoms with Crippen molar-refractivity contribution >= 4 is 26.6 Å². The lowest BCUT2D eigenvalue weighted by Crippen LogP contribution is -2.13. The first kappa shape index (κ1) is 14.3. The number of non-ortho nitro benzene ring substituents is 1. The molecule has 0 N–H and O–H groups in total. The molecule has 1 aromatic carbocycles. The van der Waals surface area contributed by atoms with E-state index in [2.05, 4.69) is 5.16 Å². The summed E-state index contributed by atoms with van der Waals surface area (Å²) in [6.07, 6.45) is 1.36. The summed E-state index contributed by atoms with van der Waals surface area (Å²) in [6.45, 7) is 3.06. The van der Waals surface area contributed by atoms with Crippen molar-refractivity contribution < 1.29 is 17.9 Å². The van der Waals surface area contributed by atoms with E-state index in [1.165, 1.54) is 37.4 Å². The number of benzene rings is 1. The summed E-state index contributed by atoms with van der Waals surface area (Å²) in [5.74, 6) is 0.196. The van der Waals surface area contributed by atoms with E-state index >= 15 is 0 Å². The molecule has 0 saturated heterocycles. The van der Waals surface area contributed by atoms with Crippen molar-refractivity contribution in [3.63, 3.8) is 0 Å². The minimum atomic E-state index is -3.88. The van der Waals surface area contributed by atoms with Crippen LogP contribution in [0.15, 0.2) is 39.9 Å². The second-order valence-electron chi connectivity index (χ2n) is 4.77. The first-order valence-electron chi connectivity index (χ1n) is 6.26. The Morgan fingerprint density at radius 1 is 1.27 bits per heavy atom. The molecule has 0 bridgehead atoms. The summed E-state index contributed by atoms with van der Waals surface area (Å²) < 4.78 is 31.5. The van der Waals surface area contributed by atoms with Crippen LogP contribution in [-0.2, 0) is 10.0 Å². The minimum absolute atomic E-state index is 0.00310. The quantitative estimate of drug-likeness (QED) is 0.541. The zero-order valence-electron chi connectivity index (χ0n) is 11.7. The monoisotopic (exact) mass is 321 g/mol. The predicted molar refractivity (Wildman–Crippen MR) is 77.2 cm³/mol. The molecule has 9 heteroatoms. The van der Waals surface area contributed by atoms with Crippen LogP contribution in [-0.4, -0.2) is 22.5 Å². The number of nitrogens with zero attached hydrogens (tertiary/aromatic N) is 3. The third-order valence-electron chi connectivity index (χ3n) is 3.33. The molecular formula is C13H11N3O5S. The Bertz CT molecular complexity index is 981. The average molecular weight is 321 g/mol. The number of nitro benzene ring substituents is 1. The SMILES string of the molecule is Cc1noc(C)c1S(=O)(=O)n1ccc2cc([N+](=O)[O-])ccc21. The van der Waals surface area contributed by atoms with Crippen molar-refractivity contribution in [3.8, 4) is 0 Å². The molecule has 8 nitrogen and oxygen atoms in total. The van der Waals surface area contributed by atoms with E-state index in [9.17, 15) is 18.5 Å². The highest BCUT2D eigenvalue weighted by molar-refractivity contribution is 7.90. The number of hydrogen-bond acceptors (Lipinski definition) is 6. The van der Waals surface area contributed by atoms with Crippen molar-refractivity contribution in [2.24, 2.45) is 0 Å². The minimum Gasteiger partial charge on any atom is -0.360 e. The van der Waals surface area contributed by atoms with Crippen LogP contribution in [0.3, 0.4) is 0 Å². The van der Waals surface area contributed by atoms with Crippen LogP contribution in [0.5, 0.6) is 0 Å². The van der Waals surface area contributed by atoms with Crippen molar-refractivity contribution in [3.05, 3.63) is 52.0 Å². The first-order valence-corrected chi connectivity index (χ1v) is 7.70. The third kappa shape index (κ3) is 1.98. The molecule has 2 aromatic heterocycles. The van der Waals surface area contributed by atoms with Gasteiger partial charge in [-0.3, -0.25) is 10.1 Å². The van der Waals surface area contributed by atoms with Gasteiger partial charge in [0.25, 0.3) is 15.7 Å². The molecule has 0 unspecified atom stereocenters. The Hall–Kier alpha value is -2.68. The molecule has 0 aliphatic rings. The lowest BCUT2D eigenvalue weighted by Gasteiger charge is -2.06. The number of aryl methyl sites for hydroxylation is 2. The molecule has 0 saturated carbocycles. The topological polar surface area (TPSA) is 108 Å². The van der Waals surface area contributed by atoms with Crippen molar-refractivity contribution in [1.82, 2.24) is 9.13 Å². The average Bonchev–Trinajstić information content (AvgIpc) is 3.02. The van der Waals surface area contributed by atoms with Gasteiger partial charge in [0, 0.05) is 23.7 Å². The largest absolute Gasteiger partial charge is 0.360 e. The van der Waals surface area contributed by atoms with Crippen molar-refractivity contribution in [2.45, 2.75) is 18.7 Å². The molecule has 22 heavy (non-hydrogen) atoms. The molecule has 0 aliphatic heterocycles. The number of fused-ring (bicyclic) bond motifs is 1. The van der Waals surface area contributed by atoms with E-state index in [-0.39, 0.29) is 22.0 Å². The number of nitro groups is 1. The highest BCUT2D eigenvalue weighted by Crippen LogP contribution is 2.28. The Morgan fingerprint density at radius 3 is 2.59 bits per heavy atom. The van der Waals surface area contributed by atoms with Crippen LogP contribution in [0.25, 0.3) is 10.9 Å². The Labute approximate surface area is 125 Å². The molecule has 0 spiro atoms. The maximum atomic E-state index is 12.8. The van der Waals surface area contributed by atoms with Gasteiger partial charge in [-0.25, -0.2) is 12.4 Å². The van der Waals surface area contributed by atoms with Gasteiger partial charge in [0.2, 0.25) is 0 Å². The first-order chi connectivity index (χ1) is 10.3. The van der Waals surface area contributed by atoms with E-state index < -0.39 is 14.9 Å². The van der Waals surface area contributed by atoms with Gasteiger partial charge in [-0.1, -0.05) is 5.16 Å². The zero-order valence-corrected chi connectivity index (χ0v) is 12.5. The van der Waals surface area contributed by atoms with Gasteiger partial charge in [-0.15, -0.1) is 0 Å². The van der Waals surface area contributed by atoms with Gasteiger partial charge in [-0.05, 0) is 26.0 Å². The molecule has 0 atom stereocenters. The number of hydrogen-bond donors (Lipinski definition) is 0. The molecule has 114 valence electrons. The summed E-state index contributed by atoms with van der Waals surface area (Å²) in [4.78, 5) is 10.3. The van der Waals surface area contributed by atoms with Crippen LogP contribution < -0.4 is 0 Å². The summed E-state index contributed by atoms with van der Waals surface area (Å²) in [5, 5.41) is 14.9. The lowest BCUT2D eigenvalue weighted by atomic mass is 10.2. The molecule has 0 fully saturated rings. The van der Waals surface area contributed by atoms with E-state index in [0.717, 1.165) is 3.97 Å². The van der Waals surface area contributed by atoms with Gasteiger partial charge < -0.3 is 4.52 Å². The highest BCUT2D eigenvalue weighted by Gasteiger charge is 2.27. The molecule has 0 aliphatic carbocycles. The van der Waals surface area contributed by atoms with E-state index in [0.29, 0.717) is 10.9 Å².